The fourth-order valence-electron chi connectivity index (χ4n) is 8.02. The molecule has 5 aliphatic rings. The Bertz CT molecular complexity index is 2240. The van der Waals surface area contributed by atoms with Crippen LogP contribution >= 0.6 is 15.9 Å². The highest BCUT2D eigenvalue weighted by Gasteiger charge is 2.57. The lowest BCUT2D eigenvalue weighted by Crippen LogP contribution is -2.41. The molecule has 4 aromatic rings. The lowest BCUT2D eigenvalue weighted by atomic mass is 9.59. The van der Waals surface area contributed by atoms with Gasteiger partial charge < -0.3 is 14.3 Å². The van der Waals surface area contributed by atoms with Crippen molar-refractivity contribution in [2.45, 2.75) is 19.3 Å². The van der Waals surface area contributed by atoms with Gasteiger partial charge in [-0.15, -0.1) is 0 Å². The second-order valence-corrected chi connectivity index (χ2v) is 13.6. The van der Waals surface area contributed by atoms with Gasteiger partial charge in [-0.2, -0.15) is 0 Å². The van der Waals surface area contributed by atoms with Crippen LogP contribution in [0.1, 0.15) is 18.4 Å². The molecule has 3 aliphatic carbocycles. The van der Waals surface area contributed by atoms with E-state index in [4.69, 9.17) is 9.15 Å². The minimum absolute atomic E-state index is 0.0903. The van der Waals surface area contributed by atoms with Crippen molar-refractivity contribution in [2.75, 3.05) is 4.90 Å². The summed E-state index contributed by atoms with van der Waals surface area (Å²) in [5.41, 5.74) is 5.62. The maximum absolute atomic E-state index is 14.3. The zero-order valence-corrected chi connectivity index (χ0v) is 26.8. The number of allylic oxidation sites excluding steroid dienone is 7. The van der Waals surface area contributed by atoms with Crippen molar-refractivity contribution in [1.82, 2.24) is 4.98 Å². The molecule has 3 heterocycles. The van der Waals surface area contributed by atoms with Crippen LogP contribution in [0.3, 0.4) is 0 Å². The summed E-state index contributed by atoms with van der Waals surface area (Å²) in [5.74, 6) is -2.47. The smallest absolute Gasteiger partial charge is 0.238 e. The molecule has 48 heavy (non-hydrogen) atoms. The first-order valence-corrected chi connectivity index (χ1v) is 16.5. The van der Waals surface area contributed by atoms with Crippen LogP contribution in [-0.4, -0.2) is 33.5 Å². The van der Waals surface area contributed by atoms with Crippen LogP contribution in [0.15, 0.2) is 116 Å². The number of benzene rings is 3. The van der Waals surface area contributed by atoms with Gasteiger partial charge in [0.05, 0.1) is 28.3 Å². The Labute approximate surface area is 282 Å². The van der Waals surface area contributed by atoms with Gasteiger partial charge in [0.15, 0.2) is 17.1 Å². The van der Waals surface area contributed by atoms with Crippen LogP contribution in [-0.2, 0) is 25.6 Å². The maximum atomic E-state index is 14.3. The maximum Gasteiger partial charge on any atom is 0.238 e. The Morgan fingerprint density at radius 3 is 2.56 bits per heavy atom. The van der Waals surface area contributed by atoms with Crippen LogP contribution < -0.4 is 9.64 Å². The highest BCUT2D eigenvalue weighted by molar-refractivity contribution is 9.12. The van der Waals surface area contributed by atoms with Gasteiger partial charge in [-0.25, -0.2) is 4.98 Å². The number of hydrogen-bond donors (Lipinski definition) is 1. The van der Waals surface area contributed by atoms with Gasteiger partial charge >= 0.3 is 0 Å². The van der Waals surface area contributed by atoms with Crippen molar-refractivity contribution in [1.29, 1.82) is 0 Å². The average molecular weight is 702 g/mol. The van der Waals surface area contributed by atoms with E-state index in [2.05, 4.69) is 20.9 Å². The molecule has 1 fully saturated rings. The van der Waals surface area contributed by atoms with Crippen LogP contribution in [0.4, 0.5) is 5.69 Å². The zero-order valence-electron chi connectivity index (χ0n) is 25.2. The number of aromatic nitrogens is 1. The number of oxazole rings is 1. The molecule has 2 aliphatic heterocycles. The van der Waals surface area contributed by atoms with E-state index in [0.29, 0.717) is 52.5 Å². The molecule has 9 rings (SSSR count). The number of rotatable bonds is 3. The Kier molecular flexibility index (Phi) is 6.36. The highest BCUT2D eigenvalue weighted by atomic mass is 79.9. The van der Waals surface area contributed by atoms with Gasteiger partial charge in [-0.3, -0.25) is 24.1 Å². The van der Waals surface area contributed by atoms with Crippen molar-refractivity contribution < 1.29 is 33.4 Å². The summed E-state index contributed by atoms with van der Waals surface area (Å²) >= 11 is 3.27. The number of nitrogens with zero attached hydrogens (tertiary/aromatic N) is 2. The van der Waals surface area contributed by atoms with E-state index < -0.39 is 23.7 Å². The number of phenolic OH excluding ortho intramolecular Hbond substituents is 1. The second-order valence-electron chi connectivity index (χ2n) is 12.7. The monoisotopic (exact) mass is 700 g/mol. The number of anilines is 1. The van der Waals surface area contributed by atoms with E-state index in [9.17, 15) is 24.3 Å². The fraction of sp³-hybridized carbons (Fsp3) is 0.184. The summed E-state index contributed by atoms with van der Waals surface area (Å²) in [6.45, 7) is 0. The first-order chi connectivity index (χ1) is 23.3. The molecule has 1 saturated heterocycles. The summed E-state index contributed by atoms with van der Waals surface area (Å²) < 4.78 is 12.0. The number of aromatic hydroxyl groups is 1. The molecule has 0 bridgehead atoms. The SMILES string of the molecule is O=C1C=C(Br)C(=O)C2=C1[C@@H](C1=COc3ccc(O)cc3C1)C1=CC[C@@H]3C(=O)N(c4ccc(-c5nc6ccccc6o5)cc4)C(=O)[C@@H]3[C@@H]1C2. The predicted octanol–water partition coefficient (Wildman–Crippen LogP) is 6.52. The Morgan fingerprint density at radius 2 is 1.75 bits per heavy atom. The van der Waals surface area contributed by atoms with Gasteiger partial charge in [-0.05, 0) is 94.9 Å². The predicted molar refractivity (Wildman–Crippen MR) is 178 cm³/mol. The molecule has 0 spiro atoms. The van der Waals surface area contributed by atoms with Gasteiger partial charge in [0.25, 0.3) is 0 Å². The lowest BCUT2D eigenvalue weighted by molar-refractivity contribution is -0.123. The van der Waals surface area contributed by atoms with E-state index in [1.54, 1.807) is 48.7 Å². The van der Waals surface area contributed by atoms with Crippen molar-refractivity contribution in [3.8, 4) is 23.0 Å². The van der Waals surface area contributed by atoms with Crippen molar-refractivity contribution in [2.24, 2.45) is 23.7 Å². The van der Waals surface area contributed by atoms with E-state index in [-0.39, 0.29) is 40.0 Å². The molecule has 2 amide bonds. The lowest BCUT2D eigenvalue weighted by Gasteiger charge is -2.43. The fourth-order valence-corrected chi connectivity index (χ4v) is 8.47. The van der Waals surface area contributed by atoms with Crippen molar-refractivity contribution in [3.05, 3.63) is 117 Å². The summed E-state index contributed by atoms with van der Waals surface area (Å²) in [6.07, 6.45) is 5.77. The standard InChI is InChI=1S/C38H25BrN2O7/c39-27-16-29(43)34-26(35(27)44)15-25-23(32(34)20-13-19-14-22(42)9-12-30(19)47-17-20)10-11-24-33(25)38(46)41(37(24)45)21-7-5-18(6-8-21)36-40-28-3-1-2-4-31(28)48-36/h1-10,12,14,16-17,24-25,32-33,42H,11,13,15H2/t24-,25+,32-,33-/m0/s1. The summed E-state index contributed by atoms with van der Waals surface area (Å²) in [4.78, 5) is 61.2. The molecule has 10 heteroatoms. The molecule has 0 saturated carbocycles. The summed E-state index contributed by atoms with van der Waals surface area (Å²) in [6, 6.07) is 19.3. The summed E-state index contributed by atoms with van der Waals surface area (Å²) in [7, 11) is 0. The number of carbonyl (C=O) groups is 4. The number of halogens is 1. The van der Waals surface area contributed by atoms with Gasteiger partial charge in [-0.1, -0.05) is 23.8 Å². The van der Waals surface area contributed by atoms with Gasteiger partial charge in [0.2, 0.25) is 17.7 Å². The third-order valence-electron chi connectivity index (χ3n) is 10.1. The number of ketones is 2. The van der Waals surface area contributed by atoms with Gasteiger partial charge in [0, 0.05) is 40.7 Å². The quantitative estimate of drug-likeness (QED) is 0.145. The number of fused-ring (bicyclic) bond motifs is 5. The Hall–Kier alpha value is -5.35. The van der Waals surface area contributed by atoms with Crippen LogP contribution in [0.5, 0.6) is 11.5 Å². The highest BCUT2D eigenvalue weighted by Crippen LogP contribution is 2.55. The number of phenols is 1. The van der Waals surface area contributed by atoms with Crippen LogP contribution in [0, 0.1) is 23.7 Å². The minimum atomic E-state index is -0.709. The van der Waals surface area contributed by atoms with Crippen LogP contribution in [0.25, 0.3) is 22.6 Å². The average Bonchev–Trinajstić information content (AvgIpc) is 3.64. The Morgan fingerprint density at radius 1 is 0.938 bits per heavy atom. The number of hydrogen-bond acceptors (Lipinski definition) is 8. The van der Waals surface area contributed by atoms with Crippen molar-refractivity contribution >= 4 is 56.1 Å². The molecule has 4 atom stereocenters. The van der Waals surface area contributed by atoms with Crippen LogP contribution in [0.2, 0.25) is 0 Å². The van der Waals surface area contributed by atoms with E-state index in [1.165, 1.54) is 11.0 Å². The molecule has 3 aromatic carbocycles. The molecule has 0 unspecified atom stereocenters. The number of amides is 2. The largest absolute Gasteiger partial charge is 0.508 e. The molecular weight excluding hydrogens is 676 g/mol. The number of ether oxygens (including phenoxy) is 1. The van der Waals surface area contributed by atoms with E-state index in [0.717, 1.165) is 22.2 Å². The number of imide groups is 1. The first-order valence-electron chi connectivity index (χ1n) is 15.7. The molecule has 236 valence electrons. The second kappa shape index (κ2) is 10.6. The minimum Gasteiger partial charge on any atom is -0.508 e. The zero-order chi connectivity index (χ0) is 32.8. The van der Waals surface area contributed by atoms with Crippen molar-refractivity contribution in [3.63, 3.8) is 0 Å². The van der Waals surface area contributed by atoms with E-state index in [1.807, 2.05) is 30.3 Å². The molecule has 9 nitrogen and oxygen atoms in total. The first kappa shape index (κ1) is 28.8. The third-order valence-corrected chi connectivity index (χ3v) is 10.7. The number of para-hydroxylation sites is 2. The number of carbonyl (C=O) groups excluding carboxylic acids is 4. The molecular formula is C38H25BrN2O7. The van der Waals surface area contributed by atoms with Gasteiger partial charge in [0.1, 0.15) is 17.0 Å². The van der Waals surface area contributed by atoms with E-state index >= 15 is 0 Å². The number of Topliss-reactive ketones (excluding diaryl/α,β-unsaturated/α-hetero) is 1. The topological polar surface area (TPSA) is 127 Å². The molecule has 0 radical (unpaired) electrons. The molecule has 1 aromatic heterocycles. The summed E-state index contributed by atoms with van der Waals surface area (Å²) in [5, 5.41) is 10.2. The third kappa shape index (κ3) is 4.25. The normalized spacial score (nSPS) is 24.8. The molecule has 1 N–H and O–H groups in total. The Balaban J connectivity index is 1.07.